The smallest absolute Gasteiger partial charge is 0.192 e. The Morgan fingerprint density at radius 3 is 2.17 bits per heavy atom. The molecular formula is C15H30O2Si. The van der Waals surface area contributed by atoms with Crippen LogP contribution in [0, 0.1) is 5.92 Å². The molecule has 0 fully saturated rings. The molecule has 0 radical (unpaired) electrons. The molecule has 0 unspecified atom stereocenters. The number of carbonyl (C=O) groups excluding carboxylic acids is 1. The van der Waals surface area contributed by atoms with E-state index in [1.54, 1.807) is 6.92 Å². The van der Waals surface area contributed by atoms with Gasteiger partial charge in [0, 0.05) is 6.42 Å². The number of hydrogen-bond acceptors (Lipinski definition) is 2. The van der Waals surface area contributed by atoms with Gasteiger partial charge in [-0.3, -0.25) is 4.79 Å². The summed E-state index contributed by atoms with van der Waals surface area (Å²) in [5, 5.41) is 0.178. The normalized spacial score (nSPS) is 16.9. The Labute approximate surface area is 114 Å². The Bertz CT molecular complexity index is 300. The number of Topliss-reactive ketones (excluding diaryl/α,β-unsaturated/α-hetero) is 1. The predicted molar refractivity (Wildman–Crippen MR) is 81.3 cm³/mol. The highest BCUT2D eigenvalue weighted by atomic mass is 28.4. The van der Waals surface area contributed by atoms with Crippen molar-refractivity contribution in [1.82, 2.24) is 0 Å². The van der Waals surface area contributed by atoms with E-state index >= 15 is 0 Å². The van der Waals surface area contributed by atoms with Gasteiger partial charge in [0.2, 0.25) is 0 Å². The predicted octanol–water partition coefficient (Wildman–Crippen LogP) is 4.57. The van der Waals surface area contributed by atoms with Crippen LogP contribution < -0.4 is 0 Å². The molecule has 0 heterocycles. The van der Waals surface area contributed by atoms with Crippen LogP contribution in [-0.4, -0.2) is 20.2 Å². The van der Waals surface area contributed by atoms with Crippen LogP contribution in [0.4, 0.5) is 0 Å². The molecule has 0 aliphatic carbocycles. The molecule has 2 atom stereocenters. The summed E-state index contributed by atoms with van der Waals surface area (Å²) < 4.78 is 6.39. The molecule has 0 aliphatic heterocycles. The SMILES string of the molecule is C/C=C/[C@H](C)[C@@H](CC(C)=O)O[Si](C)(C)C(C)(C)C. The first kappa shape index (κ1) is 17.6. The van der Waals surface area contributed by atoms with E-state index in [4.69, 9.17) is 4.43 Å². The van der Waals surface area contributed by atoms with Crippen molar-refractivity contribution >= 4 is 14.1 Å². The second kappa shape index (κ2) is 6.67. The topological polar surface area (TPSA) is 26.3 Å². The summed E-state index contributed by atoms with van der Waals surface area (Å²) in [6.07, 6.45) is 4.69. The van der Waals surface area contributed by atoms with Gasteiger partial charge in [0.05, 0.1) is 6.10 Å². The highest BCUT2D eigenvalue weighted by Crippen LogP contribution is 2.38. The van der Waals surface area contributed by atoms with Crippen LogP contribution in [0.5, 0.6) is 0 Å². The van der Waals surface area contributed by atoms with Crippen LogP contribution in [-0.2, 0) is 9.22 Å². The van der Waals surface area contributed by atoms with E-state index in [9.17, 15) is 4.79 Å². The first-order valence-corrected chi connectivity index (χ1v) is 9.72. The quantitative estimate of drug-likeness (QED) is 0.522. The molecule has 3 heteroatoms. The van der Waals surface area contributed by atoms with Crippen LogP contribution in [0.2, 0.25) is 18.1 Å². The van der Waals surface area contributed by atoms with E-state index in [1.807, 2.05) is 13.0 Å². The van der Waals surface area contributed by atoms with Gasteiger partial charge in [-0.2, -0.15) is 0 Å². The van der Waals surface area contributed by atoms with E-state index < -0.39 is 8.32 Å². The maximum absolute atomic E-state index is 11.4. The van der Waals surface area contributed by atoms with E-state index in [1.165, 1.54) is 0 Å². The van der Waals surface area contributed by atoms with E-state index in [0.717, 1.165) is 0 Å². The molecule has 0 bridgehead atoms. The lowest BCUT2D eigenvalue weighted by Crippen LogP contribution is -2.45. The monoisotopic (exact) mass is 270 g/mol. The van der Waals surface area contributed by atoms with E-state index in [-0.39, 0.29) is 22.8 Å². The van der Waals surface area contributed by atoms with Gasteiger partial charge in [-0.1, -0.05) is 39.8 Å². The fraction of sp³-hybridized carbons (Fsp3) is 0.800. The lowest BCUT2D eigenvalue weighted by molar-refractivity contribution is -0.119. The molecular weight excluding hydrogens is 240 g/mol. The molecule has 0 saturated carbocycles. The second-order valence-corrected chi connectivity index (χ2v) is 11.5. The van der Waals surface area contributed by atoms with Crippen molar-refractivity contribution in [1.29, 1.82) is 0 Å². The number of carbonyl (C=O) groups is 1. The molecule has 0 saturated heterocycles. The average molecular weight is 270 g/mol. The zero-order valence-corrected chi connectivity index (χ0v) is 14.3. The van der Waals surface area contributed by atoms with Gasteiger partial charge in [-0.05, 0) is 37.9 Å². The zero-order chi connectivity index (χ0) is 14.6. The third-order valence-corrected chi connectivity index (χ3v) is 8.33. The molecule has 0 spiro atoms. The lowest BCUT2D eigenvalue weighted by atomic mass is 10.00. The molecule has 2 nitrogen and oxygen atoms in total. The molecule has 0 aromatic carbocycles. The maximum Gasteiger partial charge on any atom is 0.192 e. The van der Waals surface area contributed by atoms with Gasteiger partial charge in [0.25, 0.3) is 0 Å². The molecule has 0 N–H and O–H groups in total. The fourth-order valence-electron chi connectivity index (χ4n) is 1.60. The van der Waals surface area contributed by atoms with Crippen LogP contribution in [0.15, 0.2) is 12.2 Å². The van der Waals surface area contributed by atoms with E-state index in [2.05, 4.69) is 46.9 Å². The van der Waals surface area contributed by atoms with Crippen LogP contribution in [0.3, 0.4) is 0 Å². The molecule has 106 valence electrons. The Kier molecular flexibility index (Phi) is 6.51. The molecule has 18 heavy (non-hydrogen) atoms. The molecule has 0 amide bonds. The van der Waals surface area contributed by atoms with Crippen LogP contribution >= 0.6 is 0 Å². The molecule has 0 rings (SSSR count). The Hall–Kier alpha value is -0.413. The second-order valence-electron chi connectivity index (χ2n) is 6.71. The van der Waals surface area contributed by atoms with Crippen molar-refractivity contribution < 1.29 is 9.22 Å². The highest BCUT2D eigenvalue weighted by Gasteiger charge is 2.40. The summed E-state index contributed by atoms with van der Waals surface area (Å²) in [6, 6.07) is 0. The number of ketones is 1. The van der Waals surface area contributed by atoms with Crippen molar-refractivity contribution in [3.63, 3.8) is 0 Å². The van der Waals surface area contributed by atoms with Crippen molar-refractivity contribution in [2.24, 2.45) is 5.92 Å². The minimum atomic E-state index is -1.81. The minimum Gasteiger partial charge on any atom is -0.413 e. The van der Waals surface area contributed by atoms with Gasteiger partial charge in [-0.25, -0.2) is 0 Å². The standard InChI is InChI=1S/C15H30O2Si/c1-9-10-12(2)14(11-13(3)16)17-18(7,8)15(4,5)6/h9-10,12,14H,11H2,1-8H3/b10-9+/t12-,14+/m0/s1. The maximum atomic E-state index is 11.4. The van der Waals surface area contributed by atoms with Crippen molar-refractivity contribution in [2.75, 3.05) is 0 Å². The van der Waals surface area contributed by atoms with Gasteiger partial charge >= 0.3 is 0 Å². The first-order valence-electron chi connectivity index (χ1n) is 6.81. The average Bonchev–Trinajstić information content (AvgIpc) is 2.14. The molecule has 0 aromatic rings. The Morgan fingerprint density at radius 2 is 1.83 bits per heavy atom. The summed E-state index contributed by atoms with van der Waals surface area (Å²) in [4.78, 5) is 11.4. The Morgan fingerprint density at radius 1 is 1.33 bits per heavy atom. The van der Waals surface area contributed by atoms with Gasteiger partial charge in [0.1, 0.15) is 5.78 Å². The van der Waals surface area contributed by atoms with E-state index in [0.29, 0.717) is 6.42 Å². The number of rotatable bonds is 6. The lowest BCUT2D eigenvalue weighted by Gasteiger charge is -2.40. The number of allylic oxidation sites excluding steroid dienone is 1. The summed E-state index contributed by atoms with van der Waals surface area (Å²) in [5.74, 6) is 0.489. The summed E-state index contributed by atoms with van der Waals surface area (Å²) >= 11 is 0. The largest absolute Gasteiger partial charge is 0.413 e. The highest BCUT2D eigenvalue weighted by molar-refractivity contribution is 6.74. The van der Waals surface area contributed by atoms with Gasteiger partial charge < -0.3 is 4.43 Å². The van der Waals surface area contributed by atoms with Gasteiger partial charge in [-0.15, -0.1) is 0 Å². The Balaban J connectivity index is 4.95. The third-order valence-electron chi connectivity index (χ3n) is 3.82. The van der Waals surface area contributed by atoms with Crippen molar-refractivity contribution in [3.05, 3.63) is 12.2 Å². The third kappa shape index (κ3) is 5.49. The first-order chi connectivity index (χ1) is 8.01. The van der Waals surface area contributed by atoms with Crippen LogP contribution in [0.25, 0.3) is 0 Å². The molecule has 0 aromatic heterocycles. The fourth-order valence-corrected chi connectivity index (χ4v) is 3.01. The van der Waals surface area contributed by atoms with Crippen LogP contribution in [0.1, 0.15) is 48.0 Å². The zero-order valence-electron chi connectivity index (χ0n) is 13.3. The molecule has 0 aliphatic rings. The summed E-state index contributed by atoms with van der Waals surface area (Å²) in [7, 11) is -1.81. The minimum absolute atomic E-state index is 0.0135. The van der Waals surface area contributed by atoms with Gasteiger partial charge in [0.15, 0.2) is 8.32 Å². The van der Waals surface area contributed by atoms with Crippen molar-refractivity contribution in [3.8, 4) is 0 Å². The number of hydrogen-bond donors (Lipinski definition) is 0. The van der Waals surface area contributed by atoms with Crippen molar-refractivity contribution in [2.45, 2.75) is 72.2 Å². The summed E-state index contributed by atoms with van der Waals surface area (Å²) in [6.45, 7) is 16.9. The summed E-state index contributed by atoms with van der Waals surface area (Å²) in [5.41, 5.74) is 0.